The van der Waals surface area contributed by atoms with Crippen LogP contribution in [0.3, 0.4) is 0 Å². The second-order valence-electron chi connectivity index (χ2n) is 7.84. The number of carbonyl (C=O) groups is 1. The average Bonchev–Trinajstić information content (AvgIpc) is 3.19. The van der Waals surface area contributed by atoms with Gasteiger partial charge in [0.25, 0.3) is 5.91 Å². The summed E-state index contributed by atoms with van der Waals surface area (Å²) >= 11 is 0. The molecule has 1 heterocycles. The van der Waals surface area contributed by atoms with Gasteiger partial charge in [0.15, 0.2) is 0 Å². The molecule has 0 fully saturated rings. The molecule has 4 nitrogen and oxygen atoms in total. The van der Waals surface area contributed by atoms with Gasteiger partial charge in [0.05, 0.1) is 0 Å². The molecule has 1 amide bonds. The van der Waals surface area contributed by atoms with Crippen LogP contribution in [-0.4, -0.2) is 36.5 Å². The molecule has 1 aliphatic heterocycles. The number of fused-ring (bicyclic) bond motifs is 1. The van der Waals surface area contributed by atoms with Gasteiger partial charge in [-0.1, -0.05) is 66.2 Å². The highest BCUT2D eigenvalue weighted by Crippen LogP contribution is 2.27. The van der Waals surface area contributed by atoms with E-state index in [4.69, 9.17) is 4.74 Å². The van der Waals surface area contributed by atoms with Crippen molar-refractivity contribution < 1.29 is 9.53 Å². The van der Waals surface area contributed by atoms with Crippen molar-refractivity contribution in [1.82, 2.24) is 10.2 Å². The molecule has 0 saturated heterocycles. The first-order chi connectivity index (χ1) is 14.7. The van der Waals surface area contributed by atoms with Gasteiger partial charge in [-0.25, -0.2) is 0 Å². The van der Waals surface area contributed by atoms with Crippen LogP contribution in [0, 0.1) is 6.92 Å². The summed E-state index contributed by atoms with van der Waals surface area (Å²) in [5.41, 5.74) is 4.23. The Bertz CT molecular complexity index is 962. The second-order valence-corrected chi connectivity index (χ2v) is 7.84. The number of aryl methyl sites for hydroxylation is 1. The molecule has 3 aromatic rings. The molecular weight excluding hydrogens is 372 g/mol. The molecule has 0 spiro atoms. The molecule has 1 N–H and O–H groups in total. The summed E-state index contributed by atoms with van der Waals surface area (Å²) in [7, 11) is 0. The van der Waals surface area contributed by atoms with Crippen molar-refractivity contribution in [3.05, 3.63) is 101 Å². The van der Waals surface area contributed by atoms with Crippen LogP contribution in [0.2, 0.25) is 0 Å². The van der Waals surface area contributed by atoms with Gasteiger partial charge >= 0.3 is 0 Å². The van der Waals surface area contributed by atoms with E-state index < -0.39 is 0 Å². The Hall–Kier alpha value is -3.11. The van der Waals surface area contributed by atoms with Crippen molar-refractivity contribution in [2.45, 2.75) is 26.0 Å². The molecule has 0 aromatic heterocycles. The third-order valence-corrected chi connectivity index (χ3v) is 5.41. The van der Waals surface area contributed by atoms with E-state index >= 15 is 0 Å². The summed E-state index contributed by atoms with van der Waals surface area (Å²) in [5, 5.41) is 3.48. The van der Waals surface area contributed by atoms with Gasteiger partial charge in [-0.2, -0.15) is 0 Å². The maximum atomic E-state index is 13.2. The number of hydrogen-bond donors (Lipinski definition) is 1. The summed E-state index contributed by atoms with van der Waals surface area (Å²) in [6, 6.07) is 26.2. The standard InChI is InChI=1S/C26H28N2O2/c1-20-8-7-12-23(16-20)26(29)28(19-21-9-3-2-4-10-21)15-14-27-18-24-17-22-11-5-6-13-25(22)30-24/h2-13,16,24,27H,14-15,17-19H2,1H3. The van der Waals surface area contributed by atoms with Crippen LogP contribution in [0.25, 0.3) is 0 Å². The van der Waals surface area contributed by atoms with E-state index in [-0.39, 0.29) is 12.0 Å². The van der Waals surface area contributed by atoms with Crippen molar-refractivity contribution in [1.29, 1.82) is 0 Å². The minimum Gasteiger partial charge on any atom is -0.488 e. The van der Waals surface area contributed by atoms with Crippen molar-refractivity contribution in [3.63, 3.8) is 0 Å². The first-order valence-corrected chi connectivity index (χ1v) is 10.5. The molecule has 0 radical (unpaired) electrons. The lowest BCUT2D eigenvalue weighted by Gasteiger charge is -2.24. The summed E-state index contributed by atoms with van der Waals surface area (Å²) in [5.74, 6) is 1.05. The zero-order valence-electron chi connectivity index (χ0n) is 17.4. The molecule has 1 atom stereocenters. The number of nitrogens with zero attached hydrogens (tertiary/aromatic N) is 1. The number of carbonyl (C=O) groups excluding carboxylic acids is 1. The smallest absolute Gasteiger partial charge is 0.254 e. The maximum Gasteiger partial charge on any atom is 0.254 e. The fraction of sp³-hybridized carbons (Fsp3) is 0.269. The van der Waals surface area contributed by atoms with Gasteiger partial charge in [0, 0.05) is 38.2 Å². The summed E-state index contributed by atoms with van der Waals surface area (Å²) in [4.78, 5) is 15.1. The Labute approximate surface area is 178 Å². The highest BCUT2D eigenvalue weighted by atomic mass is 16.5. The van der Waals surface area contributed by atoms with Crippen molar-refractivity contribution in [2.75, 3.05) is 19.6 Å². The van der Waals surface area contributed by atoms with Crippen LogP contribution < -0.4 is 10.1 Å². The van der Waals surface area contributed by atoms with Gasteiger partial charge < -0.3 is 15.0 Å². The quantitative estimate of drug-likeness (QED) is 0.576. The lowest BCUT2D eigenvalue weighted by Crippen LogP contribution is -2.39. The number of nitrogens with one attached hydrogen (secondary N) is 1. The van der Waals surface area contributed by atoms with Crippen LogP contribution in [0.5, 0.6) is 5.75 Å². The third-order valence-electron chi connectivity index (χ3n) is 5.41. The van der Waals surface area contributed by atoms with Crippen LogP contribution in [-0.2, 0) is 13.0 Å². The molecule has 30 heavy (non-hydrogen) atoms. The van der Waals surface area contributed by atoms with E-state index in [1.54, 1.807) is 0 Å². The average molecular weight is 401 g/mol. The third kappa shape index (κ3) is 5.08. The highest BCUT2D eigenvalue weighted by Gasteiger charge is 2.22. The second kappa shape index (κ2) is 9.59. The van der Waals surface area contributed by atoms with E-state index in [1.165, 1.54) is 5.56 Å². The molecule has 4 heteroatoms. The topological polar surface area (TPSA) is 41.6 Å². The van der Waals surface area contributed by atoms with E-state index in [2.05, 4.69) is 29.6 Å². The summed E-state index contributed by atoms with van der Waals surface area (Å²) in [6.07, 6.45) is 1.08. The zero-order valence-corrected chi connectivity index (χ0v) is 17.4. The van der Waals surface area contributed by atoms with E-state index in [0.29, 0.717) is 13.1 Å². The van der Waals surface area contributed by atoms with Crippen molar-refractivity contribution in [3.8, 4) is 5.75 Å². The number of amides is 1. The molecule has 1 aliphatic rings. The lowest BCUT2D eigenvalue weighted by molar-refractivity contribution is 0.0743. The van der Waals surface area contributed by atoms with Crippen LogP contribution in [0.4, 0.5) is 0 Å². The molecule has 1 unspecified atom stereocenters. The monoisotopic (exact) mass is 400 g/mol. The van der Waals surface area contributed by atoms with E-state index in [9.17, 15) is 4.79 Å². The fourth-order valence-electron chi connectivity index (χ4n) is 3.86. The molecule has 4 rings (SSSR count). The number of hydrogen-bond acceptors (Lipinski definition) is 3. The lowest BCUT2D eigenvalue weighted by atomic mass is 10.1. The summed E-state index contributed by atoms with van der Waals surface area (Å²) in [6.45, 7) is 4.74. The first-order valence-electron chi connectivity index (χ1n) is 10.5. The number of rotatable bonds is 8. The normalized spacial score (nSPS) is 14.8. The van der Waals surface area contributed by atoms with E-state index in [0.717, 1.165) is 42.0 Å². The number of benzene rings is 3. The number of ether oxygens (including phenoxy) is 1. The SMILES string of the molecule is Cc1cccc(C(=O)N(CCNCC2Cc3ccccc3O2)Cc2ccccc2)c1. The summed E-state index contributed by atoms with van der Waals surface area (Å²) < 4.78 is 6.00. The van der Waals surface area contributed by atoms with Gasteiger partial charge in [0.2, 0.25) is 0 Å². The maximum absolute atomic E-state index is 13.2. The minimum absolute atomic E-state index is 0.0638. The molecule has 0 bridgehead atoms. The predicted octanol–water partition coefficient (Wildman–Crippen LogP) is 4.23. The molecule has 3 aromatic carbocycles. The van der Waals surface area contributed by atoms with Gasteiger partial charge in [-0.05, 0) is 36.2 Å². The molecular formula is C26H28N2O2. The fourth-order valence-corrected chi connectivity index (χ4v) is 3.86. The Morgan fingerprint density at radius 2 is 1.83 bits per heavy atom. The molecule has 0 saturated carbocycles. The van der Waals surface area contributed by atoms with Crippen LogP contribution in [0.1, 0.15) is 27.0 Å². The minimum atomic E-state index is 0.0638. The number of para-hydroxylation sites is 1. The molecule has 0 aliphatic carbocycles. The van der Waals surface area contributed by atoms with Gasteiger partial charge in [0.1, 0.15) is 11.9 Å². The van der Waals surface area contributed by atoms with Crippen molar-refractivity contribution >= 4 is 5.91 Å². The largest absolute Gasteiger partial charge is 0.488 e. The van der Waals surface area contributed by atoms with Gasteiger partial charge in [-0.15, -0.1) is 0 Å². The van der Waals surface area contributed by atoms with Crippen molar-refractivity contribution in [2.24, 2.45) is 0 Å². The van der Waals surface area contributed by atoms with E-state index in [1.807, 2.05) is 66.4 Å². The highest BCUT2D eigenvalue weighted by molar-refractivity contribution is 5.94. The molecule has 154 valence electrons. The first kappa shape index (κ1) is 20.2. The zero-order chi connectivity index (χ0) is 20.8. The van der Waals surface area contributed by atoms with Crippen LogP contribution in [0.15, 0.2) is 78.9 Å². The predicted molar refractivity (Wildman–Crippen MR) is 120 cm³/mol. The Morgan fingerprint density at radius 1 is 1.03 bits per heavy atom. The van der Waals surface area contributed by atoms with Crippen LogP contribution >= 0.6 is 0 Å². The Morgan fingerprint density at radius 3 is 2.63 bits per heavy atom. The Balaban J connectivity index is 1.35. The van der Waals surface area contributed by atoms with Gasteiger partial charge in [-0.3, -0.25) is 4.79 Å². The Kier molecular flexibility index (Phi) is 6.45.